The van der Waals surface area contributed by atoms with E-state index in [1.165, 1.54) is 18.2 Å². The van der Waals surface area contributed by atoms with Crippen LogP contribution < -0.4 is 4.74 Å². The van der Waals surface area contributed by atoms with Crippen LogP contribution in [0.4, 0.5) is 4.39 Å². The lowest BCUT2D eigenvalue weighted by atomic mass is 9.93. The fourth-order valence-electron chi connectivity index (χ4n) is 2.58. The first-order chi connectivity index (χ1) is 9.54. The molecule has 0 amide bonds. The molecule has 1 aliphatic heterocycles. The zero-order valence-electron chi connectivity index (χ0n) is 11.4. The summed E-state index contributed by atoms with van der Waals surface area (Å²) in [6.07, 6.45) is -0.0406. The zero-order chi connectivity index (χ0) is 14.3. The van der Waals surface area contributed by atoms with Crippen LogP contribution in [0, 0.1) is 19.7 Å². The normalized spacial score (nSPS) is 17.6. The van der Waals surface area contributed by atoms with Crippen molar-refractivity contribution in [3.8, 4) is 5.75 Å². The Morgan fingerprint density at radius 3 is 2.75 bits per heavy atom. The number of hydrogen-bond donors (Lipinski definition) is 0. The van der Waals surface area contributed by atoms with Gasteiger partial charge in [-0.05, 0) is 43.2 Å². The van der Waals surface area contributed by atoms with E-state index < -0.39 is 5.82 Å². The van der Waals surface area contributed by atoms with Gasteiger partial charge in [-0.1, -0.05) is 23.8 Å². The average Bonchev–Trinajstić information content (AvgIpc) is 2.42. The van der Waals surface area contributed by atoms with Gasteiger partial charge in [0, 0.05) is 0 Å². The highest BCUT2D eigenvalue weighted by molar-refractivity contribution is 6.00. The molecule has 1 unspecified atom stereocenters. The van der Waals surface area contributed by atoms with Crippen LogP contribution in [-0.2, 0) is 0 Å². The Labute approximate surface area is 117 Å². The number of fused-ring (bicyclic) bond motifs is 1. The van der Waals surface area contributed by atoms with Crippen molar-refractivity contribution in [2.45, 2.75) is 26.4 Å². The SMILES string of the molecule is Cc1ccc(C)c(C2CC(=O)c3cc(F)ccc3O2)c1. The summed E-state index contributed by atoms with van der Waals surface area (Å²) < 4.78 is 19.1. The summed E-state index contributed by atoms with van der Waals surface area (Å²) in [5.41, 5.74) is 3.59. The van der Waals surface area contributed by atoms with Crippen LogP contribution in [-0.4, -0.2) is 5.78 Å². The molecule has 0 spiro atoms. The van der Waals surface area contributed by atoms with E-state index in [1.54, 1.807) is 0 Å². The molecule has 3 heteroatoms. The maximum absolute atomic E-state index is 13.2. The Kier molecular flexibility index (Phi) is 3.05. The van der Waals surface area contributed by atoms with Crippen LogP contribution in [0.15, 0.2) is 36.4 Å². The number of aryl methyl sites for hydroxylation is 2. The predicted molar refractivity (Wildman–Crippen MR) is 74.6 cm³/mol. The minimum absolute atomic E-state index is 0.0725. The van der Waals surface area contributed by atoms with Gasteiger partial charge in [-0.15, -0.1) is 0 Å². The maximum atomic E-state index is 13.2. The quantitative estimate of drug-likeness (QED) is 0.778. The number of benzene rings is 2. The first-order valence-corrected chi connectivity index (χ1v) is 6.61. The Hall–Kier alpha value is -2.16. The summed E-state index contributed by atoms with van der Waals surface area (Å²) in [6.45, 7) is 4.01. The second-order valence-corrected chi connectivity index (χ2v) is 5.23. The summed E-state index contributed by atoms with van der Waals surface area (Å²) in [4.78, 5) is 12.2. The van der Waals surface area contributed by atoms with Crippen molar-refractivity contribution in [3.63, 3.8) is 0 Å². The van der Waals surface area contributed by atoms with Gasteiger partial charge in [-0.2, -0.15) is 0 Å². The van der Waals surface area contributed by atoms with Crippen molar-refractivity contribution in [2.75, 3.05) is 0 Å². The van der Waals surface area contributed by atoms with Crippen molar-refractivity contribution in [1.82, 2.24) is 0 Å². The molecular formula is C17H15FO2. The lowest BCUT2D eigenvalue weighted by Gasteiger charge is -2.26. The Balaban J connectivity index is 2.01. The third-order valence-corrected chi connectivity index (χ3v) is 3.66. The number of hydrogen-bond acceptors (Lipinski definition) is 2. The monoisotopic (exact) mass is 270 g/mol. The van der Waals surface area contributed by atoms with E-state index in [-0.39, 0.29) is 18.3 Å². The minimum atomic E-state index is -0.411. The van der Waals surface area contributed by atoms with Crippen molar-refractivity contribution >= 4 is 5.78 Å². The Morgan fingerprint density at radius 1 is 1.15 bits per heavy atom. The van der Waals surface area contributed by atoms with Gasteiger partial charge in [0.05, 0.1) is 12.0 Å². The summed E-state index contributed by atoms with van der Waals surface area (Å²) in [6, 6.07) is 10.2. The highest BCUT2D eigenvalue weighted by atomic mass is 19.1. The van der Waals surface area contributed by atoms with Gasteiger partial charge in [-0.25, -0.2) is 4.39 Å². The molecule has 3 rings (SSSR count). The lowest BCUT2D eigenvalue weighted by Crippen LogP contribution is -2.21. The van der Waals surface area contributed by atoms with Crippen molar-refractivity contribution in [3.05, 3.63) is 64.5 Å². The van der Waals surface area contributed by atoms with Crippen LogP contribution in [0.5, 0.6) is 5.75 Å². The molecular weight excluding hydrogens is 255 g/mol. The smallest absolute Gasteiger partial charge is 0.170 e. The second-order valence-electron chi connectivity index (χ2n) is 5.23. The van der Waals surface area contributed by atoms with E-state index in [2.05, 4.69) is 0 Å². The van der Waals surface area contributed by atoms with Crippen molar-refractivity contribution < 1.29 is 13.9 Å². The van der Waals surface area contributed by atoms with Crippen LogP contribution in [0.3, 0.4) is 0 Å². The largest absolute Gasteiger partial charge is 0.484 e. The van der Waals surface area contributed by atoms with Gasteiger partial charge >= 0.3 is 0 Å². The molecule has 2 aromatic carbocycles. The fourth-order valence-corrected chi connectivity index (χ4v) is 2.58. The number of rotatable bonds is 1. The first kappa shape index (κ1) is 12.9. The first-order valence-electron chi connectivity index (χ1n) is 6.61. The van der Waals surface area contributed by atoms with Crippen LogP contribution in [0.1, 0.15) is 39.6 Å². The molecule has 20 heavy (non-hydrogen) atoms. The summed E-state index contributed by atoms with van der Waals surface area (Å²) >= 11 is 0. The number of ketones is 1. The molecule has 0 saturated carbocycles. The summed E-state index contributed by atoms with van der Waals surface area (Å²) in [7, 11) is 0. The van der Waals surface area contributed by atoms with Gasteiger partial charge in [0.2, 0.25) is 0 Å². The van der Waals surface area contributed by atoms with E-state index in [0.29, 0.717) is 11.3 Å². The standard InChI is InChI=1S/C17H15FO2/c1-10-3-4-11(2)13(7-10)17-9-15(19)14-8-12(18)5-6-16(14)20-17/h3-8,17H,9H2,1-2H3. The third-order valence-electron chi connectivity index (χ3n) is 3.66. The molecule has 0 N–H and O–H groups in total. The molecule has 0 radical (unpaired) electrons. The van der Waals surface area contributed by atoms with E-state index >= 15 is 0 Å². The van der Waals surface area contributed by atoms with Gasteiger partial charge < -0.3 is 4.74 Å². The molecule has 102 valence electrons. The highest BCUT2D eigenvalue weighted by Crippen LogP contribution is 2.36. The molecule has 0 bridgehead atoms. The van der Waals surface area contributed by atoms with E-state index in [4.69, 9.17) is 4.74 Å². The molecule has 1 aliphatic rings. The molecule has 2 nitrogen and oxygen atoms in total. The zero-order valence-corrected chi connectivity index (χ0v) is 11.4. The molecule has 1 atom stereocenters. The number of Topliss-reactive ketones (excluding diaryl/α,β-unsaturated/α-hetero) is 1. The molecule has 0 fully saturated rings. The Bertz CT molecular complexity index is 691. The van der Waals surface area contributed by atoms with E-state index in [9.17, 15) is 9.18 Å². The topological polar surface area (TPSA) is 26.3 Å². The second kappa shape index (κ2) is 4.75. The minimum Gasteiger partial charge on any atom is -0.484 e. The van der Waals surface area contributed by atoms with Gasteiger partial charge in [0.25, 0.3) is 0 Å². The fraction of sp³-hybridized carbons (Fsp3) is 0.235. The molecule has 0 aliphatic carbocycles. The molecule has 1 heterocycles. The highest BCUT2D eigenvalue weighted by Gasteiger charge is 2.28. The summed E-state index contributed by atoms with van der Waals surface area (Å²) in [5, 5.41) is 0. The lowest BCUT2D eigenvalue weighted by molar-refractivity contribution is 0.0848. The number of halogens is 1. The predicted octanol–water partition coefficient (Wildman–Crippen LogP) is 4.15. The van der Waals surface area contributed by atoms with Gasteiger partial charge in [0.15, 0.2) is 5.78 Å². The average molecular weight is 270 g/mol. The molecule has 0 aromatic heterocycles. The van der Waals surface area contributed by atoms with Crippen molar-refractivity contribution in [2.24, 2.45) is 0 Å². The third kappa shape index (κ3) is 2.20. The summed E-state index contributed by atoms with van der Waals surface area (Å²) in [5.74, 6) is -0.0175. The van der Waals surface area contributed by atoms with Gasteiger partial charge in [-0.3, -0.25) is 4.79 Å². The van der Waals surface area contributed by atoms with E-state index in [1.807, 2.05) is 32.0 Å². The van der Waals surface area contributed by atoms with E-state index in [0.717, 1.165) is 16.7 Å². The number of carbonyl (C=O) groups is 1. The number of carbonyl (C=O) groups excluding carboxylic acids is 1. The van der Waals surface area contributed by atoms with Crippen LogP contribution in [0.2, 0.25) is 0 Å². The number of ether oxygens (including phenoxy) is 1. The van der Waals surface area contributed by atoms with Gasteiger partial charge in [0.1, 0.15) is 17.7 Å². The maximum Gasteiger partial charge on any atom is 0.170 e. The molecule has 0 saturated heterocycles. The Morgan fingerprint density at radius 2 is 1.95 bits per heavy atom. The molecule has 2 aromatic rings. The van der Waals surface area contributed by atoms with Crippen LogP contribution >= 0.6 is 0 Å². The van der Waals surface area contributed by atoms with Crippen molar-refractivity contribution in [1.29, 1.82) is 0 Å². The van der Waals surface area contributed by atoms with Crippen LogP contribution in [0.25, 0.3) is 0 Å².